The maximum absolute atomic E-state index is 12.7. The largest absolute Gasteiger partial charge is 0.465 e. The van der Waals surface area contributed by atoms with Crippen LogP contribution in [0.1, 0.15) is 20.7 Å². The van der Waals surface area contributed by atoms with Crippen LogP contribution in [0, 0.1) is 5.82 Å². The number of halogens is 1. The lowest BCUT2D eigenvalue weighted by molar-refractivity contribution is 0.0600. The molecule has 1 amide bonds. The molecule has 2 rings (SSSR count). The fraction of sp³-hybridized carbons (Fsp3) is 0.0714. The molecule has 0 atom stereocenters. The first-order valence-electron chi connectivity index (χ1n) is 5.71. The highest BCUT2D eigenvalue weighted by atomic mass is 19.1. The first-order chi connectivity index (χ1) is 9.60. The third-order valence-electron chi connectivity index (χ3n) is 2.53. The van der Waals surface area contributed by atoms with Gasteiger partial charge in [0, 0.05) is 11.8 Å². The molecule has 1 N–H and O–H groups in total. The van der Waals surface area contributed by atoms with E-state index >= 15 is 0 Å². The first kappa shape index (κ1) is 13.7. The van der Waals surface area contributed by atoms with Gasteiger partial charge in [-0.15, -0.1) is 0 Å². The Kier molecular flexibility index (Phi) is 4.05. The summed E-state index contributed by atoms with van der Waals surface area (Å²) in [7, 11) is 1.27. The van der Waals surface area contributed by atoms with Crippen molar-refractivity contribution >= 4 is 17.7 Å². The second-order valence-corrected chi connectivity index (χ2v) is 3.88. The maximum atomic E-state index is 12.7. The van der Waals surface area contributed by atoms with E-state index in [1.807, 2.05) is 0 Å². The number of anilines is 1. The molecule has 1 aromatic carbocycles. The number of carbonyl (C=O) groups is 2. The van der Waals surface area contributed by atoms with Crippen molar-refractivity contribution < 1.29 is 18.7 Å². The van der Waals surface area contributed by atoms with E-state index in [1.54, 1.807) is 0 Å². The summed E-state index contributed by atoms with van der Waals surface area (Å²) in [5, 5.41) is 2.54. The van der Waals surface area contributed by atoms with Gasteiger partial charge in [-0.05, 0) is 36.4 Å². The number of methoxy groups -OCH3 is 1. The number of benzene rings is 1. The molecule has 1 aromatic heterocycles. The van der Waals surface area contributed by atoms with E-state index in [0.29, 0.717) is 5.56 Å². The zero-order valence-corrected chi connectivity index (χ0v) is 10.6. The number of nitrogens with zero attached hydrogens (tertiary/aromatic N) is 1. The molecule has 0 aliphatic heterocycles. The van der Waals surface area contributed by atoms with Crippen LogP contribution in [-0.2, 0) is 4.74 Å². The van der Waals surface area contributed by atoms with E-state index in [1.165, 1.54) is 49.7 Å². The van der Waals surface area contributed by atoms with E-state index in [-0.39, 0.29) is 11.4 Å². The van der Waals surface area contributed by atoms with Gasteiger partial charge in [0.15, 0.2) is 0 Å². The van der Waals surface area contributed by atoms with Gasteiger partial charge >= 0.3 is 5.97 Å². The smallest absolute Gasteiger partial charge is 0.339 e. The van der Waals surface area contributed by atoms with Gasteiger partial charge in [0.2, 0.25) is 0 Å². The molecule has 0 aliphatic carbocycles. The molecule has 0 fully saturated rings. The quantitative estimate of drug-likeness (QED) is 0.872. The van der Waals surface area contributed by atoms with E-state index < -0.39 is 17.7 Å². The third-order valence-corrected chi connectivity index (χ3v) is 2.53. The van der Waals surface area contributed by atoms with Crippen LogP contribution in [0.3, 0.4) is 0 Å². The summed E-state index contributed by atoms with van der Waals surface area (Å²) in [4.78, 5) is 27.0. The molecule has 0 unspecified atom stereocenters. The fourth-order valence-corrected chi connectivity index (χ4v) is 1.50. The maximum Gasteiger partial charge on any atom is 0.339 e. The number of nitrogens with one attached hydrogen (secondary N) is 1. The van der Waals surface area contributed by atoms with Crippen molar-refractivity contribution in [2.75, 3.05) is 12.4 Å². The van der Waals surface area contributed by atoms with Crippen LogP contribution in [0.15, 0.2) is 42.6 Å². The van der Waals surface area contributed by atoms with Gasteiger partial charge in [-0.2, -0.15) is 0 Å². The topological polar surface area (TPSA) is 68.3 Å². The lowest BCUT2D eigenvalue weighted by atomic mass is 10.2. The highest BCUT2D eigenvalue weighted by molar-refractivity contribution is 6.03. The molecule has 0 radical (unpaired) electrons. The van der Waals surface area contributed by atoms with Crippen molar-refractivity contribution in [3.63, 3.8) is 0 Å². The highest BCUT2D eigenvalue weighted by Crippen LogP contribution is 2.09. The number of aromatic nitrogens is 1. The Bertz CT molecular complexity index is 624. The molecule has 0 saturated carbocycles. The predicted octanol–water partition coefficient (Wildman–Crippen LogP) is 2.26. The Morgan fingerprint density at radius 1 is 1.10 bits per heavy atom. The zero-order chi connectivity index (χ0) is 14.5. The van der Waals surface area contributed by atoms with E-state index in [2.05, 4.69) is 15.0 Å². The molecule has 0 saturated heterocycles. The van der Waals surface area contributed by atoms with Crippen LogP contribution >= 0.6 is 0 Å². The first-order valence-corrected chi connectivity index (χ1v) is 5.71. The summed E-state index contributed by atoms with van der Waals surface area (Å²) in [6.07, 6.45) is 1.30. The minimum absolute atomic E-state index is 0.284. The Hall–Kier alpha value is -2.76. The van der Waals surface area contributed by atoms with Gasteiger partial charge in [-0.1, -0.05) is 0 Å². The number of ether oxygens (including phenoxy) is 1. The molecule has 0 bridgehead atoms. The Morgan fingerprint density at radius 3 is 2.30 bits per heavy atom. The molecule has 0 aliphatic rings. The van der Waals surface area contributed by atoms with Gasteiger partial charge in [-0.25, -0.2) is 14.2 Å². The second-order valence-electron chi connectivity index (χ2n) is 3.88. The van der Waals surface area contributed by atoms with Gasteiger partial charge in [-0.3, -0.25) is 4.79 Å². The third kappa shape index (κ3) is 3.17. The molecule has 6 heteroatoms. The van der Waals surface area contributed by atoms with Gasteiger partial charge in [0.05, 0.1) is 12.7 Å². The number of pyridine rings is 1. The SMILES string of the molecule is COC(=O)c1ccc(NC(=O)c2ccc(F)cc2)nc1. The fourth-order valence-electron chi connectivity index (χ4n) is 1.50. The highest BCUT2D eigenvalue weighted by Gasteiger charge is 2.09. The molecule has 1 heterocycles. The van der Waals surface area contributed by atoms with Crippen molar-refractivity contribution in [2.45, 2.75) is 0 Å². The molecule has 102 valence electrons. The van der Waals surface area contributed by atoms with Crippen molar-refractivity contribution in [1.29, 1.82) is 0 Å². The predicted molar refractivity (Wildman–Crippen MR) is 69.9 cm³/mol. The number of hydrogen-bond donors (Lipinski definition) is 1. The lowest BCUT2D eigenvalue weighted by Crippen LogP contribution is -2.13. The average Bonchev–Trinajstić information content (AvgIpc) is 2.48. The van der Waals surface area contributed by atoms with Gasteiger partial charge < -0.3 is 10.1 Å². The van der Waals surface area contributed by atoms with Crippen molar-refractivity contribution in [3.05, 3.63) is 59.5 Å². The van der Waals surface area contributed by atoms with Crippen LogP contribution in [0.4, 0.5) is 10.2 Å². The van der Waals surface area contributed by atoms with Crippen LogP contribution in [0.5, 0.6) is 0 Å². The number of hydrogen-bond acceptors (Lipinski definition) is 4. The summed E-state index contributed by atoms with van der Waals surface area (Å²) in [5.41, 5.74) is 0.595. The van der Waals surface area contributed by atoms with Crippen LogP contribution in [0.2, 0.25) is 0 Å². The molecule has 0 spiro atoms. The molecule has 20 heavy (non-hydrogen) atoms. The van der Waals surface area contributed by atoms with Gasteiger partial charge in [0.1, 0.15) is 11.6 Å². The van der Waals surface area contributed by atoms with Gasteiger partial charge in [0.25, 0.3) is 5.91 Å². The number of carbonyl (C=O) groups excluding carboxylic acids is 2. The summed E-state index contributed by atoms with van der Waals surface area (Å²) >= 11 is 0. The monoisotopic (exact) mass is 274 g/mol. The van der Waals surface area contributed by atoms with Crippen molar-refractivity contribution in [3.8, 4) is 0 Å². The van der Waals surface area contributed by atoms with E-state index in [9.17, 15) is 14.0 Å². The second kappa shape index (κ2) is 5.92. The average molecular weight is 274 g/mol. The Labute approximate surface area is 114 Å². The molecule has 2 aromatic rings. The van der Waals surface area contributed by atoms with Crippen molar-refractivity contribution in [2.24, 2.45) is 0 Å². The van der Waals surface area contributed by atoms with Crippen LogP contribution in [-0.4, -0.2) is 24.0 Å². The Balaban J connectivity index is 2.08. The number of rotatable bonds is 3. The standard InChI is InChI=1S/C14H11FN2O3/c1-20-14(19)10-4-7-12(16-8-10)17-13(18)9-2-5-11(15)6-3-9/h2-8H,1H3,(H,16,17,18). The van der Waals surface area contributed by atoms with E-state index in [0.717, 1.165) is 0 Å². The molecular weight excluding hydrogens is 263 g/mol. The summed E-state index contributed by atoms with van der Waals surface area (Å²) in [6, 6.07) is 8.10. The number of esters is 1. The van der Waals surface area contributed by atoms with Crippen LogP contribution in [0.25, 0.3) is 0 Å². The van der Waals surface area contributed by atoms with E-state index in [4.69, 9.17) is 0 Å². The summed E-state index contributed by atoms with van der Waals surface area (Å²) in [6.45, 7) is 0. The normalized spacial score (nSPS) is 9.90. The summed E-state index contributed by atoms with van der Waals surface area (Å²) in [5.74, 6) is -1.05. The molecular formula is C14H11FN2O3. The van der Waals surface area contributed by atoms with Crippen LogP contribution < -0.4 is 5.32 Å². The van der Waals surface area contributed by atoms with Crippen molar-refractivity contribution in [1.82, 2.24) is 4.98 Å². The Morgan fingerprint density at radius 2 is 1.75 bits per heavy atom. The summed E-state index contributed by atoms with van der Waals surface area (Å²) < 4.78 is 17.3. The number of amides is 1. The minimum Gasteiger partial charge on any atom is -0.465 e. The zero-order valence-electron chi connectivity index (χ0n) is 10.6. The lowest BCUT2D eigenvalue weighted by Gasteiger charge is -2.05. The minimum atomic E-state index is -0.506. The molecule has 5 nitrogen and oxygen atoms in total.